The molecule has 39 heavy (non-hydrogen) atoms. The van der Waals surface area contributed by atoms with Crippen molar-refractivity contribution < 1.29 is 14.3 Å². The van der Waals surface area contributed by atoms with Crippen molar-refractivity contribution in [2.75, 3.05) is 19.6 Å². The van der Waals surface area contributed by atoms with E-state index in [0.29, 0.717) is 19.6 Å². The maximum absolute atomic E-state index is 13.8. The number of imidazole rings is 1. The molecule has 0 bridgehead atoms. The number of carbonyl (C=O) groups excluding carboxylic acids is 2. The smallest absolute Gasteiger partial charge is 0.410 e. The summed E-state index contributed by atoms with van der Waals surface area (Å²) in [6.45, 7) is 9.27. The Morgan fingerprint density at radius 2 is 1.72 bits per heavy atom. The number of amides is 2. The molecule has 7 nitrogen and oxygen atoms in total. The molecule has 1 aliphatic heterocycles. The van der Waals surface area contributed by atoms with Crippen molar-refractivity contribution in [1.82, 2.24) is 19.4 Å². The van der Waals surface area contributed by atoms with Crippen molar-refractivity contribution in [3.05, 3.63) is 103 Å². The van der Waals surface area contributed by atoms with Gasteiger partial charge in [0.1, 0.15) is 11.9 Å². The number of ether oxygens (including phenoxy) is 1. The Morgan fingerprint density at radius 3 is 2.44 bits per heavy atom. The number of aromatic nitrogens is 2. The first-order chi connectivity index (χ1) is 18.7. The van der Waals surface area contributed by atoms with Gasteiger partial charge in [0.2, 0.25) is 0 Å². The van der Waals surface area contributed by atoms with Gasteiger partial charge in [-0.15, -0.1) is 0 Å². The number of carbonyl (C=O) groups is 2. The third-order valence-corrected chi connectivity index (χ3v) is 7.46. The summed E-state index contributed by atoms with van der Waals surface area (Å²) in [5.41, 5.74) is 1.59. The van der Waals surface area contributed by atoms with E-state index in [-0.39, 0.29) is 30.0 Å². The SMILES string of the molecule is C[C@H](c1cccc2ccccc12)N(C[C@H]1CN(C(=O)n2ccnc2)C[C@@H]1c1ccccc1)C(=O)OC(C)(C)C. The lowest BCUT2D eigenvalue weighted by atomic mass is 9.88. The molecule has 2 heterocycles. The molecule has 0 spiro atoms. The number of likely N-dealkylation sites (tertiary alicyclic amines) is 1. The van der Waals surface area contributed by atoms with E-state index < -0.39 is 5.60 Å². The molecular formula is C32H36N4O3. The third-order valence-electron chi connectivity index (χ3n) is 7.46. The molecule has 0 unspecified atom stereocenters. The predicted octanol–water partition coefficient (Wildman–Crippen LogP) is 6.72. The van der Waals surface area contributed by atoms with Gasteiger partial charge in [-0.2, -0.15) is 0 Å². The van der Waals surface area contributed by atoms with Crippen molar-refractivity contribution in [1.29, 1.82) is 0 Å². The highest BCUT2D eigenvalue weighted by molar-refractivity contribution is 5.86. The van der Waals surface area contributed by atoms with Gasteiger partial charge >= 0.3 is 12.1 Å². The summed E-state index contributed by atoms with van der Waals surface area (Å²) in [6.07, 6.45) is 4.45. The molecule has 0 radical (unpaired) electrons. The van der Waals surface area contributed by atoms with Crippen LogP contribution in [0.25, 0.3) is 10.8 Å². The molecule has 1 fully saturated rings. The lowest BCUT2D eigenvalue weighted by Gasteiger charge is -2.35. The van der Waals surface area contributed by atoms with Gasteiger partial charge in [0.05, 0.1) is 6.04 Å². The van der Waals surface area contributed by atoms with Gasteiger partial charge in [-0.05, 0) is 49.6 Å². The topological polar surface area (TPSA) is 67.7 Å². The molecule has 3 atom stereocenters. The molecule has 5 rings (SSSR count). The fraction of sp³-hybridized carbons (Fsp3) is 0.344. The monoisotopic (exact) mass is 524 g/mol. The van der Waals surface area contributed by atoms with E-state index in [1.165, 1.54) is 10.9 Å². The summed E-state index contributed by atoms with van der Waals surface area (Å²) >= 11 is 0. The van der Waals surface area contributed by atoms with Crippen LogP contribution in [0.5, 0.6) is 0 Å². The first-order valence-electron chi connectivity index (χ1n) is 13.5. The summed E-state index contributed by atoms with van der Waals surface area (Å²) in [6, 6.07) is 24.4. The molecule has 0 N–H and O–H groups in total. The summed E-state index contributed by atoms with van der Waals surface area (Å²) in [5.74, 6) is 0.0909. The van der Waals surface area contributed by atoms with E-state index in [2.05, 4.69) is 48.3 Å². The maximum atomic E-state index is 13.8. The largest absolute Gasteiger partial charge is 0.444 e. The minimum Gasteiger partial charge on any atom is -0.444 e. The summed E-state index contributed by atoms with van der Waals surface area (Å²) in [5, 5.41) is 2.25. The third kappa shape index (κ3) is 5.82. The Balaban J connectivity index is 1.50. The molecular weight excluding hydrogens is 488 g/mol. The molecule has 3 aromatic carbocycles. The van der Waals surface area contributed by atoms with E-state index in [9.17, 15) is 9.59 Å². The standard InChI is InChI=1S/C32H36N4O3/c1-23(27-16-10-14-24-13-8-9-15-28(24)27)36(31(38)39-32(2,3)4)20-26-19-35(30(37)34-18-17-33-22-34)21-29(26)25-11-6-5-7-12-25/h5-18,22-23,26,29H,19-21H2,1-4H3/t23-,26-,29-/m1/s1. The summed E-state index contributed by atoms with van der Waals surface area (Å²) in [4.78, 5) is 34.8. The zero-order chi connectivity index (χ0) is 27.6. The minimum atomic E-state index is -0.633. The van der Waals surface area contributed by atoms with Crippen LogP contribution in [-0.4, -0.2) is 56.7 Å². The van der Waals surface area contributed by atoms with E-state index in [4.69, 9.17) is 4.74 Å². The number of hydrogen-bond acceptors (Lipinski definition) is 4. The van der Waals surface area contributed by atoms with Crippen LogP contribution in [0.3, 0.4) is 0 Å². The summed E-state index contributed by atoms with van der Waals surface area (Å²) < 4.78 is 7.44. The van der Waals surface area contributed by atoms with E-state index in [1.807, 2.05) is 67.0 Å². The first kappa shape index (κ1) is 26.5. The fourth-order valence-electron chi connectivity index (χ4n) is 5.57. The molecule has 4 aromatic rings. The van der Waals surface area contributed by atoms with Crippen LogP contribution in [0.1, 0.15) is 50.8 Å². The molecule has 7 heteroatoms. The minimum absolute atomic E-state index is 0.0183. The number of rotatable bonds is 5. The second kappa shape index (κ2) is 10.9. The van der Waals surface area contributed by atoms with E-state index in [1.54, 1.807) is 12.4 Å². The van der Waals surface area contributed by atoms with Crippen molar-refractivity contribution in [3.8, 4) is 0 Å². The van der Waals surface area contributed by atoms with Crippen molar-refractivity contribution in [2.24, 2.45) is 5.92 Å². The molecule has 1 saturated heterocycles. The molecule has 1 aliphatic rings. The zero-order valence-corrected chi connectivity index (χ0v) is 23.0. The molecule has 0 aliphatic carbocycles. The first-order valence-corrected chi connectivity index (χ1v) is 13.5. The van der Waals surface area contributed by atoms with Crippen LogP contribution in [0.15, 0.2) is 91.5 Å². The van der Waals surface area contributed by atoms with Gasteiger partial charge in [0, 0.05) is 43.9 Å². The summed E-state index contributed by atoms with van der Waals surface area (Å²) in [7, 11) is 0. The van der Waals surface area contributed by atoms with Crippen molar-refractivity contribution in [2.45, 2.75) is 45.3 Å². The van der Waals surface area contributed by atoms with Crippen LogP contribution in [-0.2, 0) is 4.74 Å². The van der Waals surface area contributed by atoms with Crippen LogP contribution < -0.4 is 0 Å². The second-order valence-electron chi connectivity index (χ2n) is 11.3. The average molecular weight is 525 g/mol. The van der Waals surface area contributed by atoms with Gasteiger partial charge in [0.15, 0.2) is 0 Å². The molecule has 202 valence electrons. The van der Waals surface area contributed by atoms with Crippen LogP contribution in [0.2, 0.25) is 0 Å². The van der Waals surface area contributed by atoms with Crippen LogP contribution in [0, 0.1) is 5.92 Å². The number of benzene rings is 3. The highest BCUT2D eigenvalue weighted by atomic mass is 16.6. The molecule has 0 saturated carbocycles. The zero-order valence-electron chi connectivity index (χ0n) is 23.0. The van der Waals surface area contributed by atoms with Gasteiger partial charge in [-0.1, -0.05) is 72.8 Å². The van der Waals surface area contributed by atoms with Crippen molar-refractivity contribution >= 4 is 22.9 Å². The average Bonchev–Trinajstić information content (AvgIpc) is 3.61. The number of fused-ring (bicyclic) bond motifs is 1. The van der Waals surface area contributed by atoms with Crippen LogP contribution in [0.4, 0.5) is 9.59 Å². The quantitative estimate of drug-likeness (QED) is 0.291. The Bertz CT molecular complexity index is 1420. The van der Waals surface area contributed by atoms with Crippen LogP contribution >= 0.6 is 0 Å². The Morgan fingerprint density at radius 1 is 1.00 bits per heavy atom. The Labute approximate surface area is 230 Å². The lowest BCUT2D eigenvalue weighted by molar-refractivity contribution is 0.0137. The Kier molecular flexibility index (Phi) is 7.42. The van der Waals surface area contributed by atoms with Gasteiger partial charge in [0.25, 0.3) is 0 Å². The molecule has 1 aromatic heterocycles. The number of nitrogens with zero attached hydrogens (tertiary/aromatic N) is 4. The lowest BCUT2D eigenvalue weighted by Crippen LogP contribution is -2.42. The van der Waals surface area contributed by atoms with E-state index >= 15 is 0 Å². The second-order valence-corrected chi connectivity index (χ2v) is 11.3. The van der Waals surface area contributed by atoms with Gasteiger partial charge in [-0.3, -0.25) is 4.57 Å². The van der Waals surface area contributed by atoms with Gasteiger partial charge < -0.3 is 14.5 Å². The molecule has 2 amide bonds. The highest BCUT2D eigenvalue weighted by Gasteiger charge is 2.40. The highest BCUT2D eigenvalue weighted by Crippen LogP contribution is 2.37. The Hall–Kier alpha value is -4.13. The van der Waals surface area contributed by atoms with Crippen molar-refractivity contribution in [3.63, 3.8) is 0 Å². The maximum Gasteiger partial charge on any atom is 0.410 e. The number of hydrogen-bond donors (Lipinski definition) is 0. The predicted molar refractivity (Wildman–Crippen MR) is 153 cm³/mol. The normalized spacial score (nSPS) is 18.2. The van der Waals surface area contributed by atoms with E-state index in [0.717, 1.165) is 21.9 Å². The van der Waals surface area contributed by atoms with Gasteiger partial charge in [-0.25, -0.2) is 14.6 Å². The fourth-order valence-corrected chi connectivity index (χ4v) is 5.57.